The van der Waals surface area contributed by atoms with Crippen LogP contribution in [0.15, 0.2) is 0 Å². The number of piperidine rings is 1. The van der Waals surface area contributed by atoms with E-state index in [-0.39, 0.29) is 0 Å². The van der Waals surface area contributed by atoms with E-state index in [1.54, 1.807) is 0 Å². The lowest BCUT2D eigenvalue weighted by Crippen LogP contribution is -2.34. The van der Waals surface area contributed by atoms with E-state index in [0.717, 1.165) is 12.3 Å². The fourth-order valence-corrected chi connectivity index (χ4v) is 2.98. The molecule has 0 unspecified atom stereocenters. The first-order valence-corrected chi connectivity index (χ1v) is 8.20. The monoisotopic (exact) mass is 255 g/mol. The van der Waals surface area contributed by atoms with Gasteiger partial charge in [-0.3, -0.25) is 0 Å². The summed E-state index contributed by atoms with van der Waals surface area (Å²) in [7, 11) is 0. The lowest BCUT2D eigenvalue weighted by Gasteiger charge is -2.32. The molecule has 0 atom stereocenters. The van der Waals surface area contributed by atoms with Gasteiger partial charge in [0.25, 0.3) is 0 Å². The third-order valence-corrected chi connectivity index (χ3v) is 4.31. The van der Waals surface area contributed by atoms with E-state index < -0.39 is 0 Å². The standard InChI is InChI=1S/C16H33NO/c1-2-3-4-6-9-16-10-13-17(14-11-16)12-7-5-8-15-18/h16,18H,2-15H2,1H3. The van der Waals surface area contributed by atoms with Crippen LogP contribution in [0.5, 0.6) is 0 Å². The van der Waals surface area contributed by atoms with E-state index in [4.69, 9.17) is 5.11 Å². The number of aliphatic hydroxyl groups is 1. The van der Waals surface area contributed by atoms with Crippen molar-refractivity contribution >= 4 is 0 Å². The largest absolute Gasteiger partial charge is 0.396 e. The Morgan fingerprint density at radius 1 is 0.944 bits per heavy atom. The molecule has 18 heavy (non-hydrogen) atoms. The molecular formula is C16H33NO. The molecular weight excluding hydrogens is 222 g/mol. The average molecular weight is 255 g/mol. The van der Waals surface area contributed by atoms with Crippen LogP contribution in [0.25, 0.3) is 0 Å². The van der Waals surface area contributed by atoms with Crippen LogP contribution in [0.4, 0.5) is 0 Å². The Kier molecular flexibility index (Phi) is 9.59. The van der Waals surface area contributed by atoms with Gasteiger partial charge in [0.15, 0.2) is 0 Å². The number of likely N-dealkylation sites (tertiary alicyclic amines) is 1. The van der Waals surface area contributed by atoms with Crippen LogP contribution >= 0.6 is 0 Å². The van der Waals surface area contributed by atoms with Gasteiger partial charge >= 0.3 is 0 Å². The van der Waals surface area contributed by atoms with E-state index in [2.05, 4.69) is 11.8 Å². The lowest BCUT2D eigenvalue weighted by molar-refractivity contribution is 0.172. The number of unbranched alkanes of at least 4 members (excludes halogenated alkanes) is 5. The molecule has 1 aliphatic rings. The Morgan fingerprint density at radius 2 is 1.67 bits per heavy atom. The van der Waals surface area contributed by atoms with Crippen molar-refractivity contribution in [2.75, 3.05) is 26.2 Å². The predicted molar refractivity (Wildman–Crippen MR) is 78.9 cm³/mol. The molecule has 0 amide bonds. The van der Waals surface area contributed by atoms with Gasteiger partial charge in [0, 0.05) is 6.61 Å². The molecule has 1 rings (SSSR count). The molecule has 1 saturated heterocycles. The summed E-state index contributed by atoms with van der Waals surface area (Å²) in [5.41, 5.74) is 0. The van der Waals surface area contributed by atoms with Gasteiger partial charge in [-0.05, 0) is 57.7 Å². The molecule has 0 aromatic rings. The normalized spacial score (nSPS) is 18.3. The molecule has 1 fully saturated rings. The van der Waals surface area contributed by atoms with Crippen molar-refractivity contribution in [3.8, 4) is 0 Å². The molecule has 2 heteroatoms. The van der Waals surface area contributed by atoms with E-state index in [1.807, 2.05) is 0 Å². The SMILES string of the molecule is CCCCCCC1CCN(CCCCCO)CC1. The summed E-state index contributed by atoms with van der Waals surface area (Å²) in [5, 5.41) is 8.74. The third-order valence-electron chi connectivity index (χ3n) is 4.31. The number of hydrogen-bond donors (Lipinski definition) is 1. The Labute approximate surface area is 114 Å². The lowest BCUT2D eigenvalue weighted by atomic mass is 9.91. The summed E-state index contributed by atoms with van der Waals surface area (Å²) in [6, 6.07) is 0. The van der Waals surface area contributed by atoms with Gasteiger partial charge in [0.2, 0.25) is 0 Å². The van der Waals surface area contributed by atoms with Gasteiger partial charge in [-0.2, -0.15) is 0 Å². The van der Waals surface area contributed by atoms with Crippen molar-refractivity contribution in [2.45, 2.75) is 71.1 Å². The second-order valence-corrected chi connectivity index (χ2v) is 5.92. The molecule has 0 aliphatic carbocycles. The van der Waals surface area contributed by atoms with Crippen molar-refractivity contribution in [1.29, 1.82) is 0 Å². The second-order valence-electron chi connectivity index (χ2n) is 5.92. The van der Waals surface area contributed by atoms with Crippen LogP contribution < -0.4 is 0 Å². The minimum absolute atomic E-state index is 0.361. The van der Waals surface area contributed by atoms with Crippen LogP contribution in [0.2, 0.25) is 0 Å². The maximum absolute atomic E-state index is 8.74. The van der Waals surface area contributed by atoms with Gasteiger partial charge in [0.1, 0.15) is 0 Å². The fourth-order valence-electron chi connectivity index (χ4n) is 2.98. The highest BCUT2D eigenvalue weighted by atomic mass is 16.2. The molecule has 0 aromatic heterocycles. The summed E-state index contributed by atoms with van der Waals surface area (Å²) < 4.78 is 0. The summed E-state index contributed by atoms with van der Waals surface area (Å²) in [6.45, 7) is 6.53. The van der Waals surface area contributed by atoms with E-state index in [1.165, 1.54) is 77.4 Å². The van der Waals surface area contributed by atoms with Gasteiger partial charge in [-0.25, -0.2) is 0 Å². The van der Waals surface area contributed by atoms with Crippen LogP contribution in [0.3, 0.4) is 0 Å². The highest BCUT2D eigenvalue weighted by Crippen LogP contribution is 2.23. The smallest absolute Gasteiger partial charge is 0.0431 e. The quantitative estimate of drug-likeness (QED) is 0.600. The zero-order chi connectivity index (χ0) is 13.1. The zero-order valence-electron chi connectivity index (χ0n) is 12.4. The Bertz CT molecular complexity index is 156. The van der Waals surface area contributed by atoms with Crippen LogP contribution in [-0.4, -0.2) is 36.2 Å². The van der Waals surface area contributed by atoms with Crippen LogP contribution in [-0.2, 0) is 0 Å². The molecule has 108 valence electrons. The number of nitrogens with zero attached hydrogens (tertiary/aromatic N) is 1. The van der Waals surface area contributed by atoms with Crippen molar-refractivity contribution in [3.05, 3.63) is 0 Å². The van der Waals surface area contributed by atoms with Crippen molar-refractivity contribution in [1.82, 2.24) is 4.90 Å². The van der Waals surface area contributed by atoms with Crippen LogP contribution in [0, 0.1) is 5.92 Å². The Hall–Kier alpha value is -0.0800. The summed E-state index contributed by atoms with van der Waals surface area (Å²) >= 11 is 0. The summed E-state index contributed by atoms with van der Waals surface area (Å²) in [6.07, 6.45) is 13.4. The average Bonchev–Trinajstić information content (AvgIpc) is 2.41. The zero-order valence-corrected chi connectivity index (χ0v) is 12.4. The molecule has 0 radical (unpaired) electrons. The second kappa shape index (κ2) is 10.8. The molecule has 2 nitrogen and oxygen atoms in total. The number of rotatable bonds is 10. The Morgan fingerprint density at radius 3 is 2.33 bits per heavy atom. The fraction of sp³-hybridized carbons (Fsp3) is 1.00. The Balaban J connectivity index is 1.95. The third kappa shape index (κ3) is 7.38. The minimum Gasteiger partial charge on any atom is -0.396 e. The molecule has 0 aromatic carbocycles. The van der Waals surface area contributed by atoms with Gasteiger partial charge in [0.05, 0.1) is 0 Å². The number of hydrogen-bond acceptors (Lipinski definition) is 2. The van der Waals surface area contributed by atoms with Gasteiger partial charge in [-0.15, -0.1) is 0 Å². The molecule has 0 spiro atoms. The van der Waals surface area contributed by atoms with Crippen molar-refractivity contribution in [3.63, 3.8) is 0 Å². The molecule has 1 heterocycles. The van der Waals surface area contributed by atoms with Crippen molar-refractivity contribution in [2.24, 2.45) is 5.92 Å². The summed E-state index contributed by atoms with van der Waals surface area (Å²) in [4.78, 5) is 2.62. The topological polar surface area (TPSA) is 23.5 Å². The van der Waals surface area contributed by atoms with Crippen molar-refractivity contribution < 1.29 is 5.11 Å². The van der Waals surface area contributed by atoms with E-state index in [9.17, 15) is 0 Å². The minimum atomic E-state index is 0.361. The molecule has 1 aliphatic heterocycles. The molecule has 0 bridgehead atoms. The van der Waals surface area contributed by atoms with Crippen LogP contribution in [0.1, 0.15) is 71.1 Å². The highest BCUT2D eigenvalue weighted by molar-refractivity contribution is 4.72. The first-order valence-electron chi connectivity index (χ1n) is 8.20. The maximum Gasteiger partial charge on any atom is 0.0431 e. The number of aliphatic hydroxyl groups excluding tert-OH is 1. The highest BCUT2D eigenvalue weighted by Gasteiger charge is 2.18. The summed E-state index contributed by atoms with van der Waals surface area (Å²) in [5.74, 6) is 1.01. The predicted octanol–water partition coefficient (Wildman–Crippen LogP) is 3.83. The molecule has 1 N–H and O–H groups in total. The van der Waals surface area contributed by atoms with Gasteiger partial charge in [-0.1, -0.05) is 39.0 Å². The maximum atomic E-state index is 8.74. The van der Waals surface area contributed by atoms with E-state index >= 15 is 0 Å². The van der Waals surface area contributed by atoms with Gasteiger partial charge < -0.3 is 10.0 Å². The molecule has 0 saturated carbocycles. The first-order chi connectivity index (χ1) is 8.86. The first kappa shape index (κ1) is 16.0. The van der Waals surface area contributed by atoms with E-state index in [0.29, 0.717) is 6.61 Å².